The number of carbonyl (C=O) groups excluding carboxylic acids is 2. The first-order valence-corrected chi connectivity index (χ1v) is 9.92. The SMILES string of the molecule is CC(=O)N(c1cccc(C)c1)c1nc(COC(=O)c2cc(Cl)cc(Cl)c2)cs1. The van der Waals surface area contributed by atoms with Gasteiger partial charge in [0.1, 0.15) is 6.61 Å². The molecule has 0 fully saturated rings. The van der Waals surface area contributed by atoms with Crippen LogP contribution in [0.1, 0.15) is 28.5 Å². The maximum absolute atomic E-state index is 12.2. The molecule has 28 heavy (non-hydrogen) atoms. The number of halogens is 2. The average molecular weight is 435 g/mol. The van der Waals surface area contributed by atoms with Crippen molar-refractivity contribution in [1.29, 1.82) is 0 Å². The maximum atomic E-state index is 12.2. The lowest BCUT2D eigenvalue weighted by Gasteiger charge is -2.18. The van der Waals surface area contributed by atoms with E-state index in [4.69, 9.17) is 27.9 Å². The predicted octanol–water partition coefficient (Wildman–Crippen LogP) is 5.80. The summed E-state index contributed by atoms with van der Waals surface area (Å²) in [6.07, 6.45) is 0. The fourth-order valence-corrected chi connectivity index (χ4v) is 3.95. The molecule has 0 bridgehead atoms. The zero-order valence-corrected chi connectivity index (χ0v) is 17.4. The molecule has 1 aromatic heterocycles. The van der Waals surface area contributed by atoms with Gasteiger partial charge in [-0.2, -0.15) is 0 Å². The van der Waals surface area contributed by atoms with Gasteiger partial charge in [0.05, 0.1) is 16.9 Å². The molecule has 3 rings (SSSR count). The Hall–Kier alpha value is -2.41. The predicted molar refractivity (Wildman–Crippen MR) is 112 cm³/mol. The minimum absolute atomic E-state index is 0.0287. The Kier molecular flexibility index (Phi) is 6.34. The van der Waals surface area contributed by atoms with Crippen LogP contribution >= 0.6 is 34.5 Å². The van der Waals surface area contributed by atoms with Crippen molar-refractivity contribution < 1.29 is 14.3 Å². The Labute approximate surface area is 176 Å². The van der Waals surface area contributed by atoms with Crippen LogP contribution in [0.4, 0.5) is 10.8 Å². The quantitative estimate of drug-likeness (QED) is 0.476. The number of ether oxygens (including phenoxy) is 1. The van der Waals surface area contributed by atoms with E-state index in [1.807, 2.05) is 31.2 Å². The summed E-state index contributed by atoms with van der Waals surface area (Å²) in [5.41, 5.74) is 2.58. The monoisotopic (exact) mass is 434 g/mol. The van der Waals surface area contributed by atoms with Gasteiger partial charge in [-0.05, 0) is 42.8 Å². The second-order valence-electron chi connectivity index (χ2n) is 6.05. The number of aryl methyl sites for hydroxylation is 1. The van der Waals surface area contributed by atoms with E-state index in [-0.39, 0.29) is 18.1 Å². The van der Waals surface area contributed by atoms with Crippen LogP contribution in [-0.4, -0.2) is 16.9 Å². The van der Waals surface area contributed by atoms with Crippen molar-refractivity contribution in [1.82, 2.24) is 4.98 Å². The van der Waals surface area contributed by atoms with Crippen LogP contribution in [0.2, 0.25) is 10.0 Å². The number of carbonyl (C=O) groups is 2. The Balaban J connectivity index is 1.74. The van der Waals surface area contributed by atoms with Gasteiger partial charge in [-0.1, -0.05) is 35.3 Å². The van der Waals surface area contributed by atoms with Gasteiger partial charge in [-0.25, -0.2) is 9.78 Å². The van der Waals surface area contributed by atoms with Crippen LogP contribution in [0, 0.1) is 6.92 Å². The molecule has 144 valence electrons. The third kappa shape index (κ3) is 4.90. The minimum Gasteiger partial charge on any atom is -0.456 e. The van der Waals surface area contributed by atoms with Crippen LogP contribution in [0.3, 0.4) is 0 Å². The average Bonchev–Trinajstić information content (AvgIpc) is 3.07. The second kappa shape index (κ2) is 8.73. The standard InChI is InChI=1S/C20H16Cl2N2O3S/c1-12-4-3-5-18(6-12)24(13(2)25)20-23-17(11-28-20)10-27-19(26)14-7-15(21)9-16(22)8-14/h3-9,11H,10H2,1-2H3. The first kappa shape index (κ1) is 20.3. The third-order valence-electron chi connectivity index (χ3n) is 3.76. The zero-order valence-electron chi connectivity index (χ0n) is 15.1. The molecule has 0 aliphatic rings. The molecular formula is C20H16Cl2N2O3S. The number of rotatable bonds is 5. The molecule has 0 saturated carbocycles. The lowest BCUT2D eigenvalue weighted by molar-refractivity contribution is -0.115. The number of aromatic nitrogens is 1. The van der Waals surface area contributed by atoms with Crippen LogP contribution in [0.15, 0.2) is 47.8 Å². The van der Waals surface area contributed by atoms with Gasteiger partial charge >= 0.3 is 5.97 Å². The number of nitrogens with zero attached hydrogens (tertiary/aromatic N) is 2. The lowest BCUT2D eigenvalue weighted by atomic mass is 10.2. The first-order valence-electron chi connectivity index (χ1n) is 8.28. The molecule has 3 aromatic rings. The van der Waals surface area contributed by atoms with Crippen LogP contribution < -0.4 is 4.90 Å². The number of hydrogen-bond acceptors (Lipinski definition) is 5. The normalized spacial score (nSPS) is 10.6. The summed E-state index contributed by atoms with van der Waals surface area (Å²) in [6.45, 7) is 3.40. The Bertz CT molecular complexity index is 1020. The topological polar surface area (TPSA) is 59.5 Å². The molecule has 5 nitrogen and oxygen atoms in total. The molecule has 0 saturated heterocycles. The smallest absolute Gasteiger partial charge is 0.338 e. The molecule has 1 heterocycles. The Morgan fingerprint density at radius 2 is 1.86 bits per heavy atom. The number of anilines is 2. The van der Waals surface area contributed by atoms with Gasteiger partial charge in [0, 0.05) is 22.3 Å². The van der Waals surface area contributed by atoms with Crippen LogP contribution in [-0.2, 0) is 16.1 Å². The number of esters is 1. The summed E-state index contributed by atoms with van der Waals surface area (Å²) >= 11 is 13.1. The van der Waals surface area contributed by atoms with Crippen molar-refractivity contribution >= 4 is 57.2 Å². The summed E-state index contributed by atoms with van der Waals surface area (Å²) < 4.78 is 5.29. The van der Waals surface area contributed by atoms with Gasteiger partial charge in [-0.15, -0.1) is 11.3 Å². The van der Waals surface area contributed by atoms with Gasteiger partial charge < -0.3 is 4.74 Å². The highest BCUT2D eigenvalue weighted by molar-refractivity contribution is 7.14. The van der Waals surface area contributed by atoms with Crippen LogP contribution in [0.5, 0.6) is 0 Å². The highest BCUT2D eigenvalue weighted by atomic mass is 35.5. The van der Waals surface area contributed by atoms with E-state index < -0.39 is 5.97 Å². The molecule has 1 amide bonds. The molecule has 0 radical (unpaired) electrons. The van der Waals surface area contributed by atoms with Gasteiger partial charge in [-0.3, -0.25) is 9.69 Å². The molecule has 0 unspecified atom stereocenters. The largest absolute Gasteiger partial charge is 0.456 e. The van der Waals surface area contributed by atoms with Crippen molar-refractivity contribution in [2.45, 2.75) is 20.5 Å². The first-order chi connectivity index (χ1) is 13.3. The highest BCUT2D eigenvalue weighted by Crippen LogP contribution is 2.29. The fraction of sp³-hybridized carbons (Fsp3) is 0.150. The van der Waals surface area contributed by atoms with E-state index in [9.17, 15) is 9.59 Å². The summed E-state index contributed by atoms with van der Waals surface area (Å²) in [6, 6.07) is 12.1. The van der Waals surface area contributed by atoms with Gasteiger partial charge in [0.2, 0.25) is 5.91 Å². The molecule has 0 N–H and O–H groups in total. The van der Waals surface area contributed by atoms with E-state index in [1.165, 1.54) is 41.4 Å². The Morgan fingerprint density at radius 3 is 2.50 bits per heavy atom. The molecule has 8 heteroatoms. The molecule has 0 spiro atoms. The summed E-state index contributed by atoms with van der Waals surface area (Å²) in [5, 5.41) is 2.96. The lowest BCUT2D eigenvalue weighted by Crippen LogP contribution is -2.22. The van der Waals surface area contributed by atoms with E-state index in [2.05, 4.69) is 4.98 Å². The number of benzene rings is 2. The van der Waals surface area contributed by atoms with E-state index in [0.29, 0.717) is 20.9 Å². The third-order valence-corrected chi connectivity index (χ3v) is 5.07. The number of hydrogen-bond donors (Lipinski definition) is 0. The molecule has 0 aliphatic heterocycles. The number of thiazole rings is 1. The van der Waals surface area contributed by atoms with Crippen molar-refractivity contribution in [3.05, 3.63) is 74.7 Å². The number of amides is 1. The van der Waals surface area contributed by atoms with Gasteiger partial charge in [0.15, 0.2) is 5.13 Å². The Morgan fingerprint density at radius 1 is 1.14 bits per heavy atom. The summed E-state index contributed by atoms with van der Waals surface area (Å²) in [4.78, 5) is 30.3. The minimum atomic E-state index is -0.555. The van der Waals surface area contributed by atoms with Crippen molar-refractivity contribution in [2.24, 2.45) is 0 Å². The van der Waals surface area contributed by atoms with E-state index in [1.54, 1.807) is 5.38 Å². The molecular weight excluding hydrogens is 419 g/mol. The molecule has 0 aliphatic carbocycles. The molecule has 2 aromatic carbocycles. The van der Waals surface area contributed by atoms with Crippen molar-refractivity contribution in [2.75, 3.05) is 4.90 Å². The highest BCUT2D eigenvalue weighted by Gasteiger charge is 2.19. The van der Waals surface area contributed by atoms with E-state index in [0.717, 1.165) is 11.3 Å². The summed E-state index contributed by atoms with van der Waals surface area (Å²) in [7, 11) is 0. The van der Waals surface area contributed by atoms with Crippen molar-refractivity contribution in [3.63, 3.8) is 0 Å². The molecule has 0 atom stereocenters. The van der Waals surface area contributed by atoms with E-state index >= 15 is 0 Å². The second-order valence-corrected chi connectivity index (χ2v) is 7.76. The van der Waals surface area contributed by atoms with Crippen LogP contribution in [0.25, 0.3) is 0 Å². The van der Waals surface area contributed by atoms with Crippen molar-refractivity contribution in [3.8, 4) is 0 Å². The fourth-order valence-electron chi connectivity index (χ4n) is 2.55. The summed E-state index contributed by atoms with van der Waals surface area (Å²) in [5.74, 6) is -0.710. The maximum Gasteiger partial charge on any atom is 0.338 e. The van der Waals surface area contributed by atoms with Gasteiger partial charge in [0.25, 0.3) is 0 Å². The zero-order chi connectivity index (χ0) is 20.3.